The Morgan fingerprint density at radius 2 is 2.26 bits per heavy atom. The number of carbonyl (C=O) groups is 1. The molecule has 1 saturated heterocycles. The van der Waals surface area contributed by atoms with Gasteiger partial charge in [-0.25, -0.2) is 4.39 Å². The van der Waals surface area contributed by atoms with E-state index in [1.165, 1.54) is 18.2 Å². The molecule has 0 aliphatic carbocycles. The lowest BCUT2D eigenvalue weighted by Crippen LogP contribution is -2.44. The summed E-state index contributed by atoms with van der Waals surface area (Å²) in [6.07, 6.45) is 3.92. The molecule has 0 bridgehead atoms. The minimum atomic E-state index is -0.504. The van der Waals surface area contributed by atoms with Crippen molar-refractivity contribution in [3.63, 3.8) is 0 Å². The van der Waals surface area contributed by atoms with Gasteiger partial charge in [-0.2, -0.15) is 0 Å². The Bertz CT molecular complexity index is 465. The highest BCUT2D eigenvalue weighted by Crippen LogP contribution is 2.23. The number of likely N-dealkylation sites (tertiary alicyclic amines) is 1. The maximum atomic E-state index is 13.1. The first-order valence-corrected chi connectivity index (χ1v) is 6.97. The van der Waals surface area contributed by atoms with Crippen LogP contribution >= 0.6 is 11.6 Å². The minimum absolute atomic E-state index is 0.0155. The first-order valence-electron chi connectivity index (χ1n) is 6.59. The smallest absolute Gasteiger partial charge is 0.254 e. The minimum Gasteiger partial charge on any atom is -0.336 e. The number of carbonyl (C=O) groups excluding carboxylic acids is 1. The predicted octanol–water partition coefficient (Wildman–Crippen LogP) is 2.82. The molecule has 0 radical (unpaired) electrons. The van der Waals surface area contributed by atoms with Gasteiger partial charge in [-0.3, -0.25) is 4.79 Å². The van der Waals surface area contributed by atoms with Crippen molar-refractivity contribution < 1.29 is 9.18 Å². The lowest BCUT2D eigenvalue weighted by Gasteiger charge is -2.35. The van der Waals surface area contributed by atoms with Crippen LogP contribution in [-0.4, -0.2) is 29.9 Å². The van der Waals surface area contributed by atoms with Crippen molar-refractivity contribution in [2.45, 2.75) is 31.7 Å². The molecule has 2 N–H and O–H groups in total. The molecule has 0 saturated carbocycles. The van der Waals surface area contributed by atoms with Gasteiger partial charge in [0.1, 0.15) is 5.82 Å². The number of rotatable bonds is 3. The van der Waals surface area contributed by atoms with Crippen molar-refractivity contribution in [2.75, 3.05) is 13.1 Å². The molecule has 0 spiro atoms. The fraction of sp³-hybridized carbons (Fsp3) is 0.500. The van der Waals surface area contributed by atoms with Crippen LogP contribution in [0, 0.1) is 5.82 Å². The molecule has 19 heavy (non-hydrogen) atoms. The molecule has 1 amide bonds. The molecular weight excluding hydrogens is 267 g/mol. The topological polar surface area (TPSA) is 46.3 Å². The van der Waals surface area contributed by atoms with Gasteiger partial charge in [-0.15, -0.1) is 0 Å². The Balaban J connectivity index is 2.18. The summed E-state index contributed by atoms with van der Waals surface area (Å²) in [7, 11) is 0. The molecule has 1 atom stereocenters. The van der Waals surface area contributed by atoms with Gasteiger partial charge in [0.25, 0.3) is 5.91 Å². The number of halogens is 2. The predicted molar refractivity (Wildman–Crippen MR) is 73.8 cm³/mol. The zero-order valence-corrected chi connectivity index (χ0v) is 11.5. The molecule has 1 aromatic rings. The van der Waals surface area contributed by atoms with Crippen molar-refractivity contribution in [3.8, 4) is 0 Å². The largest absolute Gasteiger partial charge is 0.336 e. The molecule has 0 aromatic heterocycles. The lowest BCUT2D eigenvalue weighted by molar-refractivity contribution is 0.0605. The van der Waals surface area contributed by atoms with E-state index >= 15 is 0 Å². The highest BCUT2D eigenvalue weighted by Gasteiger charge is 2.27. The van der Waals surface area contributed by atoms with Crippen LogP contribution < -0.4 is 5.73 Å². The summed E-state index contributed by atoms with van der Waals surface area (Å²) in [6.45, 7) is 1.30. The highest BCUT2D eigenvalue weighted by atomic mass is 35.5. The average Bonchev–Trinajstić information content (AvgIpc) is 2.42. The molecular formula is C14H18ClFN2O. The third kappa shape index (κ3) is 3.25. The van der Waals surface area contributed by atoms with Crippen LogP contribution in [0.3, 0.4) is 0 Å². The highest BCUT2D eigenvalue weighted by molar-refractivity contribution is 6.31. The van der Waals surface area contributed by atoms with E-state index in [9.17, 15) is 9.18 Å². The molecule has 1 aliphatic heterocycles. The van der Waals surface area contributed by atoms with Gasteiger partial charge < -0.3 is 10.6 Å². The van der Waals surface area contributed by atoms with Crippen molar-refractivity contribution in [1.82, 2.24) is 4.90 Å². The number of nitrogens with two attached hydrogens (primary N) is 1. The summed E-state index contributed by atoms with van der Waals surface area (Å²) >= 11 is 5.73. The third-order valence-corrected chi connectivity index (χ3v) is 3.84. The Hall–Kier alpha value is -1.13. The van der Waals surface area contributed by atoms with Crippen molar-refractivity contribution in [1.29, 1.82) is 0 Å². The molecule has 1 heterocycles. The van der Waals surface area contributed by atoms with Gasteiger partial charge in [-0.05, 0) is 50.4 Å². The molecule has 1 aliphatic rings. The van der Waals surface area contributed by atoms with Gasteiger partial charge in [0, 0.05) is 18.2 Å². The van der Waals surface area contributed by atoms with Crippen LogP contribution in [-0.2, 0) is 0 Å². The Labute approximate surface area is 117 Å². The maximum absolute atomic E-state index is 13.1. The summed E-state index contributed by atoms with van der Waals surface area (Å²) < 4.78 is 13.1. The zero-order valence-electron chi connectivity index (χ0n) is 10.7. The number of hydrogen-bond acceptors (Lipinski definition) is 2. The monoisotopic (exact) mass is 284 g/mol. The number of benzene rings is 1. The van der Waals surface area contributed by atoms with Crippen molar-refractivity contribution >= 4 is 17.5 Å². The second-order valence-electron chi connectivity index (χ2n) is 4.85. The lowest BCUT2D eigenvalue weighted by atomic mass is 9.98. The van der Waals surface area contributed by atoms with E-state index in [2.05, 4.69) is 0 Å². The second kappa shape index (κ2) is 6.35. The number of piperidine rings is 1. The second-order valence-corrected chi connectivity index (χ2v) is 5.26. The summed E-state index contributed by atoms with van der Waals surface area (Å²) in [5.41, 5.74) is 6.04. The van der Waals surface area contributed by atoms with Crippen LogP contribution in [0.2, 0.25) is 5.02 Å². The SMILES string of the molecule is NCCC1CCCCN1C(=O)c1ccc(F)c(Cl)c1. The van der Waals surface area contributed by atoms with Crippen LogP contribution in [0.1, 0.15) is 36.0 Å². The van der Waals surface area contributed by atoms with E-state index in [1.807, 2.05) is 4.90 Å². The standard InChI is InChI=1S/C14H18ClFN2O/c15-12-9-10(4-5-13(12)16)14(19)18-8-2-1-3-11(18)6-7-17/h4-5,9,11H,1-3,6-8,17H2. The number of amides is 1. The number of hydrogen-bond donors (Lipinski definition) is 1. The summed E-state index contributed by atoms with van der Waals surface area (Å²) in [5, 5.41) is -0.0155. The van der Waals surface area contributed by atoms with Crippen molar-refractivity contribution in [2.24, 2.45) is 5.73 Å². The quantitative estimate of drug-likeness (QED) is 0.928. The van der Waals surface area contributed by atoms with Crippen LogP contribution in [0.15, 0.2) is 18.2 Å². The maximum Gasteiger partial charge on any atom is 0.254 e. The third-order valence-electron chi connectivity index (χ3n) is 3.55. The van der Waals surface area contributed by atoms with E-state index in [-0.39, 0.29) is 17.0 Å². The summed E-state index contributed by atoms with van der Waals surface area (Å²) in [6, 6.07) is 4.30. The summed E-state index contributed by atoms with van der Waals surface area (Å²) in [5.74, 6) is -0.588. The Kier molecular flexibility index (Phi) is 4.77. The Morgan fingerprint density at radius 3 is 2.95 bits per heavy atom. The molecule has 5 heteroatoms. The zero-order chi connectivity index (χ0) is 13.8. The molecule has 3 nitrogen and oxygen atoms in total. The van der Waals surface area contributed by atoms with Crippen molar-refractivity contribution in [3.05, 3.63) is 34.6 Å². The van der Waals surface area contributed by atoms with Crippen LogP contribution in [0.25, 0.3) is 0 Å². The van der Waals surface area contributed by atoms with Gasteiger partial charge in [-0.1, -0.05) is 11.6 Å². The fourth-order valence-electron chi connectivity index (χ4n) is 2.56. The van der Waals surface area contributed by atoms with Gasteiger partial charge in [0.2, 0.25) is 0 Å². The average molecular weight is 285 g/mol. The number of nitrogens with zero attached hydrogens (tertiary/aromatic N) is 1. The van der Waals surface area contributed by atoms with E-state index in [0.717, 1.165) is 32.2 Å². The molecule has 1 unspecified atom stereocenters. The normalized spacial score (nSPS) is 19.5. The van der Waals surface area contributed by atoms with Gasteiger partial charge in [0.05, 0.1) is 5.02 Å². The molecule has 2 rings (SSSR count). The first kappa shape index (κ1) is 14.3. The molecule has 104 valence electrons. The first-order chi connectivity index (χ1) is 9.13. The van der Waals surface area contributed by atoms with Gasteiger partial charge in [0.15, 0.2) is 0 Å². The Morgan fingerprint density at radius 1 is 1.47 bits per heavy atom. The summed E-state index contributed by atoms with van der Waals surface area (Å²) in [4.78, 5) is 14.3. The van der Waals surface area contributed by atoms with Crippen LogP contribution in [0.4, 0.5) is 4.39 Å². The molecule has 1 fully saturated rings. The van der Waals surface area contributed by atoms with E-state index < -0.39 is 5.82 Å². The van der Waals surface area contributed by atoms with E-state index in [4.69, 9.17) is 17.3 Å². The molecule has 1 aromatic carbocycles. The fourth-order valence-corrected chi connectivity index (χ4v) is 2.74. The van der Waals surface area contributed by atoms with Gasteiger partial charge >= 0.3 is 0 Å². The van der Waals surface area contributed by atoms with E-state index in [0.29, 0.717) is 12.1 Å². The van der Waals surface area contributed by atoms with Crippen LogP contribution in [0.5, 0.6) is 0 Å². The van der Waals surface area contributed by atoms with E-state index in [1.54, 1.807) is 0 Å².